The molecular weight excluding hydrogens is 467 g/mol. The molecule has 0 atom stereocenters. The van der Waals surface area contributed by atoms with E-state index in [1.165, 1.54) is 18.2 Å². The fourth-order valence-electron chi connectivity index (χ4n) is 1.60. The highest BCUT2D eigenvalue weighted by molar-refractivity contribution is 9.10. The second kappa shape index (κ2) is 6.34. The van der Waals surface area contributed by atoms with Gasteiger partial charge in [0.2, 0.25) is 0 Å². The van der Waals surface area contributed by atoms with Crippen LogP contribution in [0.15, 0.2) is 44.2 Å². The third kappa shape index (κ3) is 3.84. The fraction of sp³-hybridized carbons (Fsp3) is 0. The number of hydrogen-bond acceptors (Lipinski definition) is 3. The minimum Gasteiger partial charge on any atom is -0.399 e. The Morgan fingerprint density at radius 3 is 2.14 bits per heavy atom. The Labute approximate surface area is 148 Å². The molecule has 2 aromatic rings. The van der Waals surface area contributed by atoms with E-state index in [2.05, 4.69) is 36.6 Å². The maximum Gasteiger partial charge on any atom is 0.264 e. The van der Waals surface area contributed by atoms with E-state index in [-0.39, 0.29) is 14.9 Å². The summed E-state index contributed by atoms with van der Waals surface area (Å²) in [4.78, 5) is -0.183. The standard InChI is InChI=1S/C12H8Br2Cl2N2O2S/c13-6-3-9(15)12(10(16)4-6)21(19,20)18-11-2-1-7(17)5-8(11)14/h1-5,18H,17H2. The summed E-state index contributed by atoms with van der Waals surface area (Å²) >= 11 is 18.4. The summed E-state index contributed by atoms with van der Waals surface area (Å²) in [5.41, 5.74) is 6.45. The fourth-order valence-corrected chi connectivity index (χ4v) is 5.24. The molecule has 0 spiro atoms. The van der Waals surface area contributed by atoms with Crippen molar-refractivity contribution in [3.05, 3.63) is 49.3 Å². The Morgan fingerprint density at radius 1 is 1.05 bits per heavy atom. The molecule has 3 N–H and O–H groups in total. The molecule has 0 bridgehead atoms. The average molecular weight is 475 g/mol. The van der Waals surface area contributed by atoms with Gasteiger partial charge in [-0.2, -0.15) is 0 Å². The van der Waals surface area contributed by atoms with Gasteiger partial charge in [-0.05, 0) is 46.3 Å². The molecule has 0 aliphatic rings. The maximum absolute atomic E-state index is 12.4. The number of nitrogen functional groups attached to an aromatic ring is 1. The summed E-state index contributed by atoms with van der Waals surface area (Å²) in [6, 6.07) is 7.62. The molecule has 0 fully saturated rings. The van der Waals surface area contributed by atoms with E-state index in [4.69, 9.17) is 28.9 Å². The third-order valence-corrected chi connectivity index (χ3v) is 5.87. The average Bonchev–Trinajstić information content (AvgIpc) is 2.30. The summed E-state index contributed by atoms with van der Waals surface area (Å²) in [7, 11) is -3.93. The molecule has 0 unspecified atom stereocenters. The summed E-state index contributed by atoms with van der Waals surface area (Å²) in [5.74, 6) is 0. The molecule has 0 radical (unpaired) electrons. The molecule has 112 valence electrons. The van der Waals surface area contributed by atoms with Gasteiger partial charge in [0.15, 0.2) is 0 Å². The molecule has 0 aromatic heterocycles. The predicted octanol–water partition coefficient (Wildman–Crippen LogP) is 4.90. The van der Waals surface area contributed by atoms with Crippen LogP contribution in [0.4, 0.5) is 11.4 Å². The normalized spacial score (nSPS) is 11.4. The number of anilines is 2. The topological polar surface area (TPSA) is 72.2 Å². The maximum atomic E-state index is 12.4. The van der Waals surface area contributed by atoms with Crippen LogP contribution in [0.1, 0.15) is 0 Å². The number of hydrogen-bond donors (Lipinski definition) is 2. The van der Waals surface area contributed by atoms with Crippen LogP contribution in [0, 0.1) is 0 Å². The SMILES string of the molecule is Nc1ccc(NS(=O)(=O)c2c(Cl)cc(Br)cc2Cl)c(Br)c1. The highest BCUT2D eigenvalue weighted by Gasteiger charge is 2.23. The van der Waals surface area contributed by atoms with E-state index in [1.807, 2.05) is 0 Å². The third-order valence-electron chi connectivity index (χ3n) is 2.47. The summed E-state index contributed by atoms with van der Waals surface area (Å²) in [6.45, 7) is 0. The first-order chi connectivity index (χ1) is 9.70. The molecular formula is C12H8Br2Cl2N2O2S. The highest BCUT2D eigenvalue weighted by atomic mass is 79.9. The lowest BCUT2D eigenvalue weighted by Crippen LogP contribution is -2.14. The molecule has 2 aromatic carbocycles. The lowest BCUT2D eigenvalue weighted by molar-refractivity contribution is 0.601. The lowest BCUT2D eigenvalue weighted by atomic mass is 10.3. The first-order valence-corrected chi connectivity index (χ1v) is 9.25. The van der Waals surface area contributed by atoms with E-state index in [9.17, 15) is 8.42 Å². The largest absolute Gasteiger partial charge is 0.399 e. The monoisotopic (exact) mass is 472 g/mol. The molecule has 0 amide bonds. The van der Waals surface area contributed by atoms with Gasteiger partial charge in [0.05, 0.1) is 15.7 Å². The van der Waals surface area contributed by atoms with Crippen molar-refractivity contribution in [3.8, 4) is 0 Å². The number of nitrogens with one attached hydrogen (secondary N) is 1. The second-order valence-corrected chi connectivity index (χ2v) is 8.25. The van der Waals surface area contributed by atoms with E-state index in [0.29, 0.717) is 20.3 Å². The van der Waals surface area contributed by atoms with Crippen LogP contribution in [-0.4, -0.2) is 8.42 Å². The Kier molecular flexibility index (Phi) is 5.10. The van der Waals surface area contributed by atoms with Gasteiger partial charge in [0, 0.05) is 14.6 Å². The lowest BCUT2D eigenvalue weighted by Gasteiger charge is -2.13. The number of rotatable bonds is 3. The number of sulfonamides is 1. The Bertz CT molecular complexity index is 790. The van der Waals surface area contributed by atoms with Crippen molar-refractivity contribution in [2.75, 3.05) is 10.5 Å². The summed E-state index contributed by atoms with van der Waals surface area (Å²) < 4.78 is 28.4. The number of halogens is 4. The van der Waals surface area contributed by atoms with Crippen molar-refractivity contribution in [2.24, 2.45) is 0 Å². The quantitative estimate of drug-likeness (QED) is 0.621. The zero-order valence-corrected chi connectivity index (χ0v) is 15.7. The van der Waals surface area contributed by atoms with Gasteiger partial charge in [0.25, 0.3) is 10.0 Å². The molecule has 4 nitrogen and oxygen atoms in total. The van der Waals surface area contributed by atoms with Gasteiger partial charge in [-0.1, -0.05) is 39.1 Å². The van der Waals surface area contributed by atoms with Crippen LogP contribution in [-0.2, 0) is 10.0 Å². The van der Waals surface area contributed by atoms with E-state index in [0.717, 1.165) is 0 Å². The zero-order valence-electron chi connectivity index (χ0n) is 10.2. The first-order valence-electron chi connectivity index (χ1n) is 5.43. The van der Waals surface area contributed by atoms with Gasteiger partial charge < -0.3 is 5.73 Å². The van der Waals surface area contributed by atoms with E-state index < -0.39 is 10.0 Å². The Hall–Kier alpha value is -0.470. The van der Waals surface area contributed by atoms with Gasteiger partial charge in [0.1, 0.15) is 4.90 Å². The van der Waals surface area contributed by atoms with Crippen molar-refractivity contribution < 1.29 is 8.42 Å². The molecule has 0 heterocycles. The van der Waals surface area contributed by atoms with E-state index >= 15 is 0 Å². The van der Waals surface area contributed by atoms with Crippen LogP contribution >= 0.6 is 55.1 Å². The first kappa shape index (κ1) is 16.9. The van der Waals surface area contributed by atoms with Crippen LogP contribution < -0.4 is 10.5 Å². The molecule has 0 aliphatic carbocycles. The second-order valence-electron chi connectivity index (χ2n) is 4.04. The Morgan fingerprint density at radius 2 is 1.62 bits per heavy atom. The van der Waals surface area contributed by atoms with Crippen molar-refractivity contribution in [1.82, 2.24) is 0 Å². The highest BCUT2D eigenvalue weighted by Crippen LogP contribution is 2.35. The molecule has 0 saturated carbocycles. The summed E-state index contributed by atoms with van der Waals surface area (Å²) in [5, 5.41) is 0.0434. The van der Waals surface area contributed by atoms with Crippen molar-refractivity contribution in [2.45, 2.75) is 4.90 Å². The Balaban J connectivity index is 2.48. The number of benzene rings is 2. The van der Waals surface area contributed by atoms with Crippen molar-refractivity contribution >= 4 is 76.5 Å². The van der Waals surface area contributed by atoms with Crippen molar-refractivity contribution in [3.63, 3.8) is 0 Å². The van der Waals surface area contributed by atoms with Crippen LogP contribution in [0.2, 0.25) is 10.0 Å². The van der Waals surface area contributed by atoms with Crippen LogP contribution in [0.5, 0.6) is 0 Å². The zero-order chi connectivity index (χ0) is 15.8. The van der Waals surface area contributed by atoms with Gasteiger partial charge in [-0.15, -0.1) is 0 Å². The molecule has 9 heteroatoms. The van der Waals surface area contributed by atoms with Gasteiger partial charge in [-0.3, -0.25) is 4.72 Å². The van der Waals surface area contributed by atoms with Gasteiger partial charge in [-0.25, -0.2) is 8.42 Å². The molecule has 0 aliphatic heterocycles. The smallest absolute Gasteiger partial charge is 0.264 e. The van der Waals surface area contributed by atoms with E-state index in [1.54, 1.807) is 12.1 Å². The molecule has 2 rings (SSSR count). The van der Waals surface area contributed by atoms with Crippen molar-refractivity contribution in [1.29, 1.82) is 0 Å². The van der Waals surface area contributed by atoms with Crippen LogP contribution in [0.25, 0.3) is 0 Å². The summed E-state index contributed by atoms with van der Waals surface area (Å²) in [6.07, 6.45) is 0. The number of nitrogens with two attached hydrogens (primary N) is 1. The minimum absolute atomic E-state index is 0.0217. The van der Waals surface area contributed by atoms with Crippen LogP contribution in [0.3, 0.4) is 0 Å². The van der Waals surface area contributed by atoms with Gasteiger partial charge >= 0.3 is 0 Å². The molecule has 0 saturated heterocycles. The minimum atomic E-state index is -3.93. The molecule has 21 heavy (non-hydrogen) atoms. The predicted molar refractivity (Wildman–Crippen MR) is 93.5 cm³/mol.